The van der Waals surface area contributed by atoms with Crippen LogP contribution in [0.25, 0.3) is 6.08 Å². The van der Waals surface area contributed by atoms with Crippen LogP contribution < -0.4 is 0 Å². The van der Waals surface area contributed by atoms with Gasteiger partial charge in [0.2, 0.25) is 0 Å². The molecule has 5 heteroatoms. The zero-order chi connectivity index (χ0) is 16.1. The molecule has 0 saturated heterocycles. The van der Waals surface area contributed by atoms with Gasteiger partial charge in [-0.05, 0) is 24.6 Å². The fourth-order valence-electron chi connectivity index (χ4n) is 2.25. The molecule has 0 unspecified atom stereocenters. The number of aryl methyl sites for hydroxylation is 1. The fourth-order valence-corrected chi connectivity index (χ4v) is 2.25. The van der Waals surface area contributed by atoms with Gasteiger partial charge in [-0.1, -0.05) is 30.3 Å². The zero-order valence-electron chi connectivity index (χ0n) is 13.0. The third kappa shape index (κ3) is 3.83. The standard InChI is InChI=1S/C18H18N4O/c1-2-21-14-17(11-20-21)18(23)9-8-16-10-19-22(13-16)12-15-6-4-3-5-7-15/h3-11,13-14H,2,12H2,1H3. The Labute approximate surface area is 134 Å². The van der Waals surface area contributed by atoms with Crippen LogP contribution >= 0.6 is 0 Å². The van der Waals surface area contributed by atoms with Crippen molar-refractivity contribution < 1.29 is 4.79 Å². The first-order chi connectivity index (χ1) is 11.2. The maximum Gasteiger partial charge on any atom is 0.189 e. The Morgan fingerprint density at radius 2 is 1.87 bits per heavy atom. The van der Waals surface area contributed by atoms with Crippen LogP contribution in [-0.4, -0.2) is 25.3 Å². The van der Waals surface area contributed by atoms with E-state index in [1.807, 2.05) is 36.0 Å². The molecule has 1 aromatic carbocycles. The SMILES string of the molecule is CCn1cc(C(=O)C=Cc2cnn(Cc3ccccc3)c2)cn1. The van der Waals surface area contributed by atoms with Gasteiger partial charge in [0, 0.05) is 24.5 Å². The molecule has 0 N–H and O–H groups in total. The predicted molar refractivity (Wildman–Crippen MR) is 89.0 cm³/mol. The number of carbonyl (C=O) groups is 1. The monoisotopic (exact) mass is 306 g/mol. The van der Waals surface area contributed by atoms with E-state index in [0.29, 0.717) is 12.1 Å². The Morgan fingerprint density at radius 3 is 2.61 bits per heavy atom. The lowest BCUT2D eigenvalue weighted by Crippen LogP contribution is -1.99. The van der Waals surface area contributed by atoms with Crippen molar-refractivity contribution in [3.63, 3.8) is 0 Å². The summed E-state index contributed by atoms with van der Waals surface area (Å²) in [4.78, 5) is 12.1. The summed E-state index contributed by atoms with van der Waals surface area (Å²) >= 11 is 0. The highest BCUT2D eigenvalue weighted by atomic mass is 16.1. The molecule has 0 aliphatic carbocycles. The summed E-state index contributed by atoms with van der Waals surface area (Å²) in [6.45, 7) is 3.45. The molecule has 3 rings (SSSR count). The molecular weight excluding hydrogens is 288 g/mol. The van der Waals surface area contributed by atoms with E-state index in [2.05, 4.69) is 22.3 Å². The summed E-state index contributed by atoms with van der Waals surface area (Å²) < 4.78 is 3.59. The van der Waals surface area contributed by atoms with Crippen LogP contribution in [0.3, 0.4) is 0 Å². The number of nitrogens with zero attached hydrogens (tertiary/aromatic N) is 4. The highest BCUT2D eigenvalue weighted by molar-refractivity contribution is 6.06. The topological polar surface area (TPSA) is 52.7 Å². The maximum absolute atomic E-state index is 12.1. The Kier molecular flexibility index (Phi) is 4.47. The average Bonchev–Trinajstić information content (AvgIpc) is 3.23. The minimum atomic E-state index is -0.0551. The Balaban J connectivity index is 1.65. The lowest BCUT2D eigenvalue weighted by atomic mass is 10.2. The number of ketones is 1. The van der Waals surface area contributed by atoms with Gasteiger partial charge >= 0.3 is 0 Å². The molecule has 0 atom stereocenters. The molecule has 5 nitrogen and oxygen atoms in total. The number of hydrogen-bond donors (Lipinski definition) is 0. The van der Waals surface area contributed by atoms with E-state index >= 15 is 0 Å². The Bertz CT molecular complexity index is 814. The molecule has 0 spiro atoms. The molecule has 0 amide bonds. The molecule has 116 valence electrons. The van der Waals surface area contributed by atoms with E-state index in [1.165, 1.54) is 5.56 Å². The fraction of sp³-hybridized carbons (Fsp3) is 0.167. The second kappa shape index (κ2) is 6.87. The first kappa shape index (κ1) is 15.0. The number of carbonyl (C=O) groups excluding carboxylic acids is 1. The van der Waals surface area contributed by atoms with Gasteiger partial charge in [0.15, 0.2) is 5.78 Å². The van der Waals surface area contributed by atoms with Crippen LogP contribution in [0.15, 0.2) is 61.2 Å². The highest BCUT2D eigenvalue weighted by Crippen LogP contribution is 2.07. The van der Waals surface area contributed by atoms with E-state index in [-0.39, 0.29) is 5.78 Å². The number of hydrogen-bond acceptors (Lipinski definition) is 3. The second-order valence-corrected chi connectivity index (χ2v) is 5.24. The third-order valence-corrected chi connectivity index (χ3v) is 3.51. The number of rotatable bonds is 6. The van der Waals surface area contributed by atoms with Crippen molar-refractivity contribution in [2.75, 3.05) is 0 Å². The van der Waals surface area contributed by atoms with E-state index in [4.69, 9.17) is 0 Å². The smallest absolute Gasteiger partial charge is 0.189 e. The van der Waals surface area contributed by atoms with Gasteiger partial charge in [-0.2, -0.15) is 10.2 Å². The van der Waals surface area contributed by atoms with E-state index in [1.54, 1.807) is 35.4 Å². The minimum Gasteiger partial charge on any atom is -0.289 e. The summed E-state index contributed by atoms with van der Waals surface area (Å²) in [6, 6.07) is 10.1. The molecule has 2 aromatic heterocycles. The van der Waals surface area contributed by atoms with Crippen LogP contribution in [0.5, 0.6) is 0 Å². The largest absolute Gasteiger partial charge is 0.289 e. The summed E-state index contributed by atoms with van der Waals surface area (Å²) in [5.41, 5.74) is 2.69. The number of allylic oxidation sites excluding steroid dienone is 1. The molecule has 2 heterocycles. The van der Waals surface area contributed by atoms with Crippen LogP contribution in [0.1, 0.15) is 28.4 Å². The van der Waals surface area contributed by atoms with Crippen molar-refractivity contribution >= 4 is 11.9 Å². The van der Waals surface area contributed by atoms with E-state index in [0.717, 1.165) is 12.1 Å². The second-order valence-electron chi connectivity index (χ2n) is 5.24. The van der Waals surface area contributed by atoms with Gasteiger partial charge in [-0.25, -0.2) is 0 Å². The normalized spacial score (nSPS) is 11.2. The van der Waals surface area contributed by atoms with Crippen LogP contribution in [-0.2, 0) is 13.1 Å². The van der Waals surface area contributed by atoms with Crippen molar-refractivity contribution in [3.8, 4) is 0 Å². The third-order valence-electron chi connectivity index (χ3n) is 3.51. The van der Waals surface area contributed by atoms with Gasteiger partial charge in [0.1, 0.15) is 0 Å². The number of benzene rings is 1. The minimum absolute atomic E-state index is 0.0551. The Hall–Kier alpha value is -2.95. The molecule has 0 bridgehead atoms. The molecular formula is C18H18N4O. The van der Waals surface area contributed by atoms with E-state index < -0.39 is 0 Å². The molecule has 0 radical (unpaired) electrons. The van der Waals surface area contributed by atoms with Gasteiger partial charge in [0.05, 0.1) is 24.5 Å². The van der Waals surface area contributed by atoms with Crippen molar-refractivity contribution in [2.45, 2.75) is 20.0 Å². The van der Waals surface area contributed by atoms with Gasteiger partial charge in [-0.3, -0.25) is 14.2 Å². The molecule has 0 saturated carbocycles. The first-order valence-corrected chi connectivity index (χ1v) is 7.56. The molecule has 3 aromatic rings. The van der Waals surface area contributed by atoms with Crippen molar-refractivity contribution in [2.24, 2.45) is 0 Å². The molecule has 0 fully saturated rings. The maximum atomic E-state index is 12.1. The van der Waals surface area contributed by atoms with Gasteiger partial charge < -0.3 is 0 Å². The van der Waals surface area contributed by atoms with Gasteiger partial charge in [-0.15, -0.1) is 0 Å². The average molecular weight is 306 g/mol. The van der Waals surface area contributed by atoms with Crippen molar-refractivity contribution in [1.82, 2.24) is 19.6 Å². The van der Waals surface area contributed by atoms with Crippen molar-refractivity contribution in [3.05, 3.63) is 77.9 Å². The molecule has 0 aliphatic heterocycles. The summed E-state index contributed by atoms with van der Waals surface area (Å²) in [7, 11) is 0. The highest BCUT2D eigenvalue weighted by Gasteiger charge is 2.05. The molecule has 23 heavy (non-hydrogen) atoms. The summed E-state index contributed by atoms with van der Waals surface area (Å²) in [5.74, 6) is -0.0551. The molecule has 0 aliphatic rings. The van der Waals surface area contributed by atoms with Crippen LogP contribution in [0.4, 0.5) is 0 Å². The van der Waals surface area contributed by atoms with Crippen LogP contribution in [0, 0.1) is 0 Å². The van der Waals surface area contributed by atoms with E-state index in [9.17, 15) is 4.79 Å². The summed E-state index contributed by atoms with van der Waals surface area (Å²) in [6.07, 6.45) is 10.4. The lowest BCUT2D eigenvalue weighted by molar-refractivity contribution is 0.104. The zero-order valence-corrected chi connectivity index (χ0v) is 13.0. The number of aromatic nitrogens is 4. The Morgan fingerprint density at radius 1 is 1.09 bits per heavy atom. The first-order valence-electron chi connectivity index (χ1n) is 7.56. The predicted octanol–water partition coefficient (Wildman–Crippen LogP) is 3.04. The quantitative estimate of drug-likeness (QED) is 0.519. The van der Waals surface area contributed by atoms with Gasteiger partial charge in [0.25, 0.3) is 0 Å². The summed E-state index contributed by atoms with van der Waals surface area (Å²) in [5, 5.41) is 8.42. The van der Waals surface area contributed by atoms with Crippen molar-refractivity contribution in [1.29, 1.82) is 0 Å². The lowest BCUT2D eigenvalue weighted by Gasteiger charge is -2.00. The van der Waals surface area contributed by atoms with Crippen LogP contribution in [0.2, 0.25) is 0 Å².